The van der Waals surface area contributed by atoms with Gasteiger partial charge < -0.3 is 9.47 Å². The normalized spacial score (nSPS) is 12.0. The van der Waals surface area contributed by atoms with Crippen LogP contribution in [0, 0.1) is 11.8 Å². The van der Waals surface area contributed by atoms with Gasteiger partial charge in [-0.2, -0.15) is 0 Å². The maximum Gasteiger partial charge on any atom is 0.508 e. The first kappa shape index (κ1) is 12.3. The first-order valence-electron chi connectivity index (χ1n) is 4.61. The van der Waals surface area contributed by atoms with Crippen molar-refractivity contribution in [1.29, 1.82) is 0 Å². The van der Waals surface area contributed by atoms with Gasteiger partial charge in [0.1, 0.15) is 5.60 Å². The summed E-state index contributed by atoms with van der Waals surface area (Å²) >= 11 is 0. The Labute approximate surface area is 80.4 Å². The van der Waals surface area contributed by atoms with E-state index in [9.17, 15) is 4.79 Å². The van der Waals surface area contributed by atoms with Gasteiger partial charge in [0.2, 0.25) is 0 Å². The fourth-order valence-corrected chi connectivity index (χ4v) is 1.12. The predicted octanol–water partition coefficient (Wildman–Crippen LogP) is 2.84. The summed E-state index contributed by atoms with van der Waals surface area (Å²) in [7, 11) is 1.32. The number of hydrogen-bond acceptors (Lipinski definition) is 3. The van der Waals surface area contributed by atoms with Crippen molar-refractivity contribution in [2.75, 3.05) is 7.11 Å². The molecule has 0 aromatic heterocycles. The fraction of sp³-hybridized carbons (Fsp3) is 0.900. The molecule has 0 aromatic carbocycles. The standard InChI is InChI=1S/C10H20O3/c1-7(2)10(5,8(3)4)13-9(11)12-6/h7-8H,1-6H3. The van der Waals surface area contributed by atoms with Crippen molar-refractivity contribution in [3.05, 3.63) is 0 Å². The van der Waals surface area contributed by atoms with Gasteiger partial charge in [-0.15, -0.1) is 0 Å². The van der Waals surface area contributed by atoms with E-state index in [0.717, 1.165) is 0 Å². The molecule has 3 nitrogen and oxygen atoms in total. The second-order valence-corrected chi connectivity index (χ2v) is 4.05. The molecule has 0 N–H and O–H groups in total. The van der Waals surface area contributed by atoms with Crippen LogP contribution in [-0.2, 0) is 9.47 Å². The Morgan fingerprint density at radius 1 is 1.15 bits per heavy atom. The van der Waals surface area contributed by atoms with Crippen molar-refractivity contribution in [2.45, 2.75) is 40.2 Å². The lowest BCUT2D eigenvalue weighted by molar-refractivity contribution is -0.0712. The number of rotatable bonds is 3. The van der Waals surface area contributed by atoms with Gasteiger partial charge in [0.05, 0.1) is 7.11 Å². The van der Waals surface area contributed by atoms with E-state index in [-0.39, 0.29) is 11.8 Å². The van der Waals surface area contributed by atoms with E-state index in [1.165, 1.54) is 7.11 Å². The van der Waals surface area contributed by atoms with Crippen molar-refractivity contribution in [2.24, 2.45) is 11.8 Å². The van der Waals surface area contributed by atoms with Crippen LogP contribution in [-0.4, -0.2) is 18.9 Å². The Hall–Kier alpha value is -0.730. The Balaban J connectivity index is 4.51. The molecule has 0 bridgehead atoms. The Morgan fingerprint density at radius 3 is 1.77 bits per heavy atom. The minimum atomic E-state index is -0.607. The van der Waals surface area contributed by atoms with Gasteiger partial charge in [0.15, 0.2) is 0 Å². The molecule has 0 rings (SSSR count). The SMILES string of the molecule is COC(=O)OC(C)(C(C)C)C(C)C. The van der Waals surface area contributed by atoms with E-state index < -0.39 is 11.8 Å². The fourth-order valence-electron chi connectivity index (χ4n) is 1.12. The van der Waals surface area contributed by atoms with Gasteiger partial charge in [-0.05, 0) is 18.8 Å². The Bertz CT molecular complexity index is 165. The molecule has 0 aromatic rings. The molecule has 0 saturated heterocycles. The summed E-state index contributed by atoms with van der Waals surface area (Å²) in [5.74, 6) is 0.540. The molecule has 78 valence electrons. The molecule has 0 unspecified atom stereocenters. The second-order valence-electron chi connectivity index (χ2n) is 4.05. The molecule has 0 atom stereocenters. The van der Waals surface area contributed by atoms with E-state index >= 15 is 0 Å². The molecule has 0 aliphatic rings. The van der Waals surface area contributed by atoms with E-state index in [2.05, 4.69) is 4.74 Å². The lowest BCUT2D eigenvalue weighted by Crippen LogP contribution is -2.42. The predicted molar refractivity (Wildman–Crippen MR) is 51.6 cm³/mol. The Kier molecular flexibility index (Phi) is 4.24. The van der Waals surface area contributed by atoms with Crippen LogP contribution >= 0.6 is 0 Å². The number of hydrogen-bond donors (Lipinski definition) is 0. The molecule has 13 heavy (non-hydrogen) atoms. The lowest BCUT2D eigenvalue weighted by Gasteiger charge is -2.36. The number of carbonyl (C=O) groups is 1. The van der Waals surface area contributed by atoms with E-state index in [1.807, 2.05) is 34.6 Å². The first-order valence-corrected chi connectivity index (χ1v) is 4.61. The lowest BCUT2D eigenvalue weighted by atomic mass is 9.82. The smallest absolute Gasteiger partial charge is 0.438 e. The molecule has 0 fully saturated rings. The summed E-state index contributed by atoms with van der Waals surface area (Å²) in [6.45, 7) is 10.1. The molecule has 0 spiro atoms. The third kappa shape index (κ3) is 2.90. The monoisotopic (exact) mass is 188 g/mol. The highest BCUT2D eigenvalue weighted by Gasteiger charge is 2.36. The molecule has 0 saturated carbocycles. The van der Waals surface area contributed by atoms with Crippen molar-refractivity contribution in [3.63, 3.8) is 0 Å². The maximum absolute atomic E-state index is 11.0. The van der Waals surface area contributed by atoms with Crippen molar-refractivity contribution in [1.82, 2.24) is 0 Å². The topological polar surface area (TPSA) is 35.5 Å². The van der Waals surface area contributed by atoms with Crippen molar-refractivity contribution >= 4 is 6.16 Å². The third-order valence-corrected chi connectivity index (χ3v) is 2.76. The Morgan fingerprint density at radius 2 is 1.54 bits per heavy atom. The van der Waals surface area contributed by atoms with Crippen LogP contribution in [0.15, 0.2) is 0 Å². The highest BCUT2D eigenvalue weighted by molar-refractivity contribution is 5.60. The average Bonchev–Trinajstić information content (AvgIpc) is 2.03. The first-order chi connectivity index (χ1) is 5.84. The second kappa shape index (κ2) is 4.49. The third-order valence-electron chi connectivity index (χ3n) is 2.76. The van der Waals surface area contributed by atoms with Crippen molar-refractivity contribution in [3.8, 4) is 0 Å². The van der Waals surface area contributed by atoms with E-state index in [1.54, 1.807) is 0 Å². The zero-order valence-corrected chi connectivity index (χ0v) is 9.38. The minimum absolute atomic E-state index is 0.270. The molecular formula is C10H20O3. The zero-order valence-electron chi connectivity index (χ0n) is 9.38. The quantitative estimate of drug-likeness (QED) is 0.639. The van der Waals surface area contributed by atoms with Crippen LogP contribution in [0.1, 0.15) is 34.6 Å². The molecule has 0 amide bonds. The molecule has 3 heteroatoms. The molecular weight excluding hydrogens is 168 g/mol. The number of methoxy groups -OCH3 is 1. The van der Waals surface area contributed by atoms with Gasteiger partial charge in [-0.1, -0.05) is 27.7 Å². The average molecular weight is 188 g/mol. The number of carbonyl (C=O) groups excluding carboxylic acids is 1. The zero-order chi connectivity index (χ0) is 10.6. The summed E-state index contributed by atoms with van der Waals surface area (Å²) < 4.78 is 9.73. The summed E-state index contributed by atoms with van der Waals surface area (Å²) in [6, 6.07) is 0. The van der Waals surface area contributed by atoms with Crippen LogP contribution in [0.2, 0.25) is 0 Å². The summed E-state index contributed by atoms with van der Waals surface area (Å²) in [5, 5.41) is 0. The van der Waals surface area contributed by atoms with Crippen LogP contribution in [0.5, 0.6) is 0 Å². The van der Waals surface area contributed by atoms with E-state index in [4.69, 9.17) is 4.74 Å². The van der Waals surface area contributed by atoms with Crippen LogP contribution in [0.3, 0.4) is 0 Å². The summed E-state index contributed by atoms with van der Waals surface area (Å²) in [5.41, 5.74) is -0.451. The van der Waals surface area contributed by atoms with Crippen LogP contribution in [0.25, 0.3) is 0 Å². The van der Waals surface area contributed by atoms with Crippen LogP contribution in [0.4, 0.5) is 4.79 Å². The van der Waals surface area contributed by atoms with Crippen LogP contribution < -0.4 is 0 Å². The molecule has 0 heterocycles. The van der Waals surface area contributed by atoms with Gasteiger partial charge in [0.25, 0.3) is 0 Å². The molecule has 0 radical (unpaired) electrons. The number of ether oxygens (including phenoxy) is 2. The largest absolute Gasteiger partial charge is 0.508 e. The highest BCUT2D eigenvalue weighted by atomic mass is 16.7. The van der Waals surface area contributed by atoms with Crippen molar-refractivity contribution < 1.29 is 14.3 Å². The van der Waals surface area contributed by atoms with Gasteiger partial charge in [-0.25, -0.2) is 4.79 Å². The molecule has 0 aliphatic carbocycles. The summed E-state index contributed by atoms with van der Waals surface area (Å²) in [4.78, 5) is 11.0. The highest BCUT2D eigenvalue weighted by Crippen LogP contribution is 2.30. The van der Waals surface area contributed by atoms with E-state index in [0.29, 0.717) is 0 Å². The van der Waals surface area contributed by atoms with Gasteiger partial charge >= 0.3 is 6.16 Å². The minimum Gasteiger partial charge on any atom is -0.438 e. The molecule has 0 aliphatic heterocycles. The van der Waals surface area contributed by atoms with Gasteiger partial charge in [0, 0.05) is 0 Å². The summed E-state index contributed by atoms with van der Waals surface area (Å²) in [6.07, 6.45) is -0.607. The maximum atomic E-state index is 11.0. The van der Waals surface area contributed by atoms with Gasteiger partial charge in [-0.3, -0.25) is 0 Å².